The second-order valence-electron chi connectivity index (χ2n) is 7.03. The number of aliphatic hydroxyl groups is 1. The molecule has 5 rings (SSSR count). The Bertz CT molecular complexity index is 1210. The van der Waals surface area contributed by atoms with Gasteiger partial charge in [-0.3, -0.25) is 0 Å². The molecule has 3 nitrogen and oxygen atoms in total. The quantitative estimate of drug-likeness (QED) is 0.363. The number of hydrogen-bond acceptors (Lipinski definition) is 4. The van der Waals surface area contributed by atoms with Gasteiger partial charge in [0, 0.05) is 23.1 Å². The smallest absolute Gasteiger partial charge is 0.131 e. The number of aromatic hydroxyl groups is 1. The molecule has 0 aliphatic carbocycles. The molecule has 1 aliphatic heterocycles. The Balaban J connectivity index is 1.61. The molecule has 29 heavy (non-hydrogen) atoms. The van der Waals surface area contributed by atoms with Crippen molar-refractivity contribution in [3.05, 3.63) is 95.4 Å². The maximum atomic E-state index is 11.1. The lowest BCUT2D eigenvalue weighted by Gasteiger charge is -2.20. The molecule has 0 saturated heterocycles. The highest BCUT2D eigenvalue weighted by atomic mass is 32.1. The summed E-state index contributed by atoms with van der Waals surface area (Å²) in [6.07, 6.45) is 0. The van der Waals surface area contributed by atoms with Crippen LogP contribution in [0.4, 0.5) is 5.00 Å². The molecule has 0 saturated carbocycles. The first-order chi connectivity index (χ1) is 14.2. The van der Waals surface area contributed by atoms with Crippen LogP contribution in [-0.4, -0.2) is 16.8 Å². The van der Waals surface area contributed by atoms with E-state index < -0.39 is 0 Å². The van der Waals surface area contributed by atoms with Gasteiger partial charge in [-0.25, -0.2) is 0 Å². The number of benzene rings is 3. The fourth-order valence-corrected chi connectivity index (χ4v) is 4.71. The third-order valence-electron chi connectivity index (χ3n) is 5.24. The number of phenolic OH excluding ortho intramolecular Hbond substituents is 1. The van der Waals surface area contributed by atoms with Crippen LogP contribution in [0.25, 0.3) is 33.6 Å². The van der Waals surface area contributed by atoms with E-state index in [9.17, 15) is 10.2 Å². The summed E-state index contributed by atoms with van der Waals surface area (Å²) < 4.78 is 0. The number of thiophene rings is 1. The van der Waals surface area contributed by atoms with E-state index in [0.717, 1.165) is 44.0 Å². The summed E-state index contributed by atoms with van der Waals surface area (Å²) in [6, 6.07) is 25.5. The lowest BCUT2D eigenvalue weighted by Crippen LogP contribution is -2.12. The summed E-state index contributed by atoms with van der Waals surface area (Å²) in [5.41, 5.74) is 6.97. The number of nitrogens with one attached hydrogen (secondary N) is 1. The summed E-state index contributed by atoms with van der Waals surface area (Å²) >= 11 is 1.61. The Hall–Kier alpha value is -3.50. The van der Waals surface area contributed by atoms with Gasteiger partial charge in [-0.1, -0.05) is 60.7 Å². The zero-order chi connectivity index (χ0) is 19.8. The van der Waals surface area contributed by atoms with Crippen LogP contribution in [0.15, 0.2) is 84.2 Å². The van der Waals surface area contributed by atoms with Crippen LogP contribution in [-0.2, 0) is 0 Å². The van der Waals surface area contributed by atoms with Gasteiger partial charge in [0.1, 0.15) is 16.5 Å². The van der Waals surface area contributed by atoms with E-state index >= 15 is 0 Å². The lowest BCUT2D eigenvalue weighted by atomic mass is 9.93. The molecule has 0 amide bonds. The highest BCUT2D eigenvalue weighted by molar-refractivity contribution is 7.15. The zero-order valence-corrected chi connectivity index (χ0v) is 16.4. The van der Waals surface area contributed by atoms with E-state index in [-0.39, 0.29) is 5.75 Å². The van der Waals surface area contributed by atoms with Crippen LogP contribution in [0.3, 0.4) is 0 Å². The molecule has 3 N–H and O–H groups in total. The fourth-order valence-electron chi connectivity index (χ4n) is 3.74. The second-order valence-corrected chi connectivity index (χ2v) is 7.91. The van der Waals surface area contributed by atoms with Gasteiger partial charge in [-0.05, 0) is 40.5 Å². The van der Waals surface area contributed by atoms with Crippen LogP contribution < -0.4 is 5.32 Å². The summed E-state index contributed by atoms with van der Waals surface area (Å²) in [4.78, 5) is 0. The van der Waals surface area contributed by atoms with Crippen molar-refractivity contribution in [3.8, 4) is 28.0 Å². The van der Waals surface area contributed by atoms with Gasteiger partial charge < -0.3 is 15.5 Å². The van der Waals surface area contributed by atoms with Crippen molar-refractivity contribution in [1.29, 1.82) is 0 Å². The number of aliphatic hydroxyl groups excluding tert-OH is 1. The number of rotatable bonds is 3. The Morgan fingerprint density at radius 2 is 1.45 bits per heavy atom. The third-order valence-corrected chi connectivity index (χ3v) is 6.17. The van der Waals surface area contributed by atoms with Crippen LogP contribution >= 0.6 is 11.3 Å². The largest absolute Gasteiger partial charge is 0.508 e. The monoisotopic (exact) mass is 397 g/mol. The van der Waals surface area contributed by atoms with Crippen LogP contribution in [0.1, 0.15) is 11.1 Å². The van der Waals surface area contributed by atoms with Crippen molar-refractivity contribution in [2.24, 2.45) is 0 Å². The van der Waals surface area contributed by atoms with E-state index in [1.807, 2.05) is 48.5 Å². The van der Waals surface area contributed by atoms with E-state index in [1.165, 1.54) is 0 Å². The summed E-state index contributed by atoms with van der Waals surface area (Å²) in [5.74, 6) is 0.600. The molecule has 1 aromatic heterocycles. The molecule has 2 heterocycles. The number of fused-ring (bicyclic) bond motifs is 1. The van der Waals surface area contributed by atoms with Crippen LogP contribution in [0.2, 0.25) is 0 Å². The lowest BCUT2D eigenvalue weighted by molar-refractivity contribution is 0.475. The average molecular weight is 397 g/mol. The second kappa shape index (κ2) is 7.15. The van der Waals surface area contributed by atoms with Crippen molar-refractivity contribution in [2.45, 2.75) is 0 Å². The van der Waals surface area contributed by atoms with Crippen LogP contribution in [0.5, 0.6) is 5.75 Å². The van der Waals surface area contributed by atoms with Crippen LogP contribution in [0, 0.1) is 0 Å². The topological polar surface area (TPSA) is 52.5 Å². The summed E-state index contributed by atoms with van der Waals surface area (Å²) in [5, 5.41) is 27.2. The predicted molar refractivity (Wildman–Crippen MR) is 121 cm³/mol. The summed E-state index contributed by atoms with van der Waals surface area (Å²) in [7, 11) is 0. The molecule has 3 aromatic carbocycles. The Morgan fingerprint density at radius 1 is 0.724 bits per heavy atom. The molecule has 1 aliphatic rings. The predicted octanol–water partition coefficient (Wildman–Crippen LogP) is 6.64. The van der Waals surface area contributed by atoms with E-state index in [0.29, 0.717) is 12.3 Å². The highest BCUT2D eigenvalue weighted by Gasteiger charge is 2.24. The van der Waals surface area contributed by atoms with Gasteiger partial charge >= 0.3 is 0 Å². The highest BCUT2D eigenvalue weighted by Crippen LogP contribution is 2.44. The first kappa shape index (κ1) is 17.6. The molecule has 0 spiro atoms. The fraction of sp³-hybridized carbons (Fsp3) is 0.0400. The molecule has 0 atom stereocenters. The van der Waals surface area contributed by atoms with E-state index in [2.05, 4.69) is 28.9 Å². The normalized spacial score (nSPS) is 13.1. The van der Waals surface area contributed by atoms with Crippen molar-refractivity contribution < 1.29 is 10.2 Å². The van der Waals surface area contributed by atoms with E-state index in [4.69, 9.17) is 0 Å². The molecule has 0 unspecified atom stereocenters. The Kier molecular flexibility index (Phi) is 4.34. The van der Waals surface area contributed by atoms with Crippen molar-refractivity contribution in [3.63, 3.8) is 0 Å². The minimum Gasteiger partial charge on any atom is -0.508 e. The van der Waals surface area contributed by atoms with Crippen molar-refractivity contribution in [1.82, 2.24) is 0 Å². The first-order valence-corrected chi connectivity index (χ1v) is 10.3. The van der Waals surface area contributed by atoms with Gasteiger partial charge in [0.25, 0.3) is 0 Å². The SMILES string of the molecule is OC1=C(c2ccccc2)CNc2scc(-c3cccc(-c4ccc(O)cc4)c3)c21. The molecule has 0 radical (unpaired) electrons. The molecule has 0 bridgehead atoms. The third kappa shape index (κ3) is 3.18. The molecule has 4 heteroatoms. The number of anilines is 1. The first-order valence-electron chi connectivity index (χ1n) is 9.44. The van der Waals surface area contributed by atoms with Crippen molar-refractivity contribution in [2.75, 3.05) is 11.9 Å². The standard InChI is InChI=1S/C25H19NO2S/c27-20-11-9-16(10-12-20)18-7-4-8-19(13-18)22-15-29-25-23(22)24(28)21(14-26-25)17-5-2-1-3-6-17/h1-13,15,26-28H,14H2. The maximum Gasteiger partial charge on any atom is 0.131 e. The number of phenols is 1. The summed E-state index contributed by atoms with van der Waals surface area (Å²) in [6.45, 7) is 0.607. The molecular formula is C25H19NO2S. The molecule has 4 aromatic rings. The number of hydrogen-bond donors (Lipinski definition) is 3. The van der Waals surface area contributed by atoms with Gasteiger partial charge in [-0.15, -0.1) is 11.3 Å². The minimum atomic E-state index is 0.256. The van der Waals surface area contributed by atoms with Gasteiger partial charge in [-0.2, -0.15) is 0 Å². The maximum absolute atomic E-state index is 11.1. The van der Waals surface area contributed by atoms with E-state index in [1.54, 1.807) is 23.5 Å². The average Bonchev–Trinajstić information content (AvgIpc) is 3.20. The molecule has 142 valence electrons. The zero-order valence-electron chi connectivity index (χ0n) is 15.6. The van der Waals surface area contributed by atoms with Gasteiger partial charge in [0.2, 0.25) is 0 Å². The van der Waals surface area contributed by atoms with Gasteiger partial charge in [0.05, 0.1) is 5.56 Å². The molecule has 0 fully saturated rings. The Labute approximate surface area is 173 Å². The Morgan fingerprint density at radius 3 is 2.24 bits per heavy atom. The van der Waals surface area contributed by atoms with Crippen molar-refractivity contribution >= 4 is 27.7 Å². The minimum absolute atomic E-state index is 0.256. The molecular weight excluding hydrogens is 378 g/mol. The van der Waals surface area contributed by atoms with Gasteiger partial charge in [0.15, 0.2) is 0 Å².